The molecule has 0 unspecified atom stereocenters. The van der Waals surface area contributed by atoms with Crippen LogP contribution in [0.4, 0.5) is 11.5 Å². The molecule has 17 heavy (non-hydrogen) atoms. The van der Waals surface area contributed by atoms with Crippen LogP contribution < -0.4 is 5.32 Å². The average molecular weight is 377 g/mol. The van der Waals surface area contributed by atoms with E-state index in [0.29, 0.717) is 15.4 Å². The molecule has 0 saturated carbocycles. The first-order valence-electron chi connectivity index (χ1n) is 4.76. The Bertz CT molecular complexity index is 540. The molecule has 0 amide bonds. The smallest absolute Gasteiger partial charge is 0.149 e. The second-order valence-electron chi connectivity index (χ2n) is 3.47. The van der Waals surface area contributed by atoms with Crippen molar-refractivity contribution in [3.05, 3.63) is 44.2 Å². The summed E-state index contributed by atoms with van der Waals surface area (Å²) >= 11 is 12.7. The summed E-state index contributed by atoms with van der Waals surface area (Å²) in [5, 5.41) is 3.57. The van der Waals surface area contributed by atoms with E-state index in [9.17, 15) is 0 Å². The zero-order valence-electron chi connectivity index (χ0n) is 8.84. The molecule has 6 heteroatoms. The molecule has 0 aliphatic heterocycles. The van der Waals surface area contributed by atoms with Crippen molar-refractivity contribution in [3.8, 4) is 0 Å². The number of hydrogen-bond acceptors (Lipinski definition) is 3. The molecule has 3 nitrogen and oxygen atoms in total. The standard InChI is InChI=1S/C11H8Br2ClN3/c1-6-2-7(12)4-8(3-6)17-11-9(13)10(14)15-5-16-11/h2-5H,1H3,(H,15,16,17). The van der Waals surface area contributed by atoms with E-state index in [1.165, 1.54) is 6.33 Å². The van der Waals surface area contributed by atoms with Crippen LogP contribution in [0, 0.1) is 6.92 Å². The number of benzene rings is 1. The Morgan fingerprint density at radius 1 is 1.18 bits per heavy atom. The van der Waals surface area contributed by atoms with Gasteiger partial charge in [0.05, 0.1) is 4.47 Å². The summed E-state index contributed by atoms with van der Waals surface area (Å²) < 4.78 is 1.66. The lowest BCUT2D eigenvalue weighted by Gasteiger charge is -2.09. The van der Waals surface area contributed by atoms with Crippen molar-refractivity contribution in [2.75, 3.05) is 5.32 Å². The van der Waals surface area contributed by atoms with Gasteiger partial charge in [-0.3, -0.25) is 0 Å². The molecule has 2 rings (SSSR count). The third kappa shape index (κ3) is 3.18. The highest BCUT2D eigenvalue weighted by molar-refractivity contribution is 9.11. The van der Waals surface area contributed by atoms with Crippen LogP contribution in [0.3, 0.4) is 0 Å². The van der Waals surface area contributed by atoms with Crippen LogP contribution in [0.15, 0.2) is 33.5 Å². The van der Waals surface area contributed by atoms with Gasteiger partial charge in [-0.1, -0.05) is 27.5 Å². The van der Waals surface area contributed by atoms with Crippen molar-refractivity contribution in [1.29, 1.82) is 0 Å². The number of aromatic nitrogens is 2. The van der Waals surface area contributed by atoms with Crippen LogP contribution in [-0.4, -0.2) is 9.97 Å². The van der Waals surface area contributed by atoms with Crippen molar-refractivity contribution < 1.29 is 0 Å². The topological polar surface area (TPSA) is 37.8 Å². The Labute approximate surface area is 121 Å². The van der Waals surface area contributed by atoms with Crippen LogP contribution in [0.25, 0.3) is 0 Å². The van der Waals surface area contributed by atoms with Gasteiger partial charge < -0.3 is 5.32 Å². The molecule has 0 aliphatic carbocycles. The summed E-state index contributed by atoms with van der Waals surface area (Å²) in [7, 11) is 0. The van der Waals surface area contributed by atoms with Gasteiger partial charge in [0, 0.05) is 10.2 Å². The zero-order chi connectivity index (χ0) is 12.4. The minimum absolute atomic E-state index is 0.384. The molecule has 0 atom stereocenters. The van der Waals surface area contributed by atoms with Gasteiger partial charge in [0.15, 0.2) is 0 Å². The molecule has 0 bridgehead atoms. The fourth-order valence-electron chi connectivity index (χ4n) is 1.38. The van der Waals surface area contributed by atoms with E-state index < -0.39 is 0 Å². The van der Waals surface area contributed by atoms with Crippen molar-refractivity contribution in [3.63, 3.8) is 0 Å². The van der Waals surface area contributed by atoms with Crippen LogP contribution in [0.5, 0.6) is 0 Å². The summed E-state index contributed by atoms with van der Waals surface area (Å²) in [4.78, 5) is 8.00. The Morgan fingerprint density at radius 3 is 2.65 bits per heavy atom. The number of nitrogens with one attached hydrogen (secondary N) is 1. The molecule has 0 fully saturated rings. The summed E-state index contributed by atoms with van der Waals surface area (Å²) in [6.07, 6.45) is 1.42. The van der Waals surface area contributed by atoms with Gasteiger partial charge in [0.1, 0.15) is 17.3 Å². The van der Waals surface area contributed by atoms with Gasteiger partial charge in [-0.05, 0) is 46.6 Å². The monoisotopic (exact) mass is 375 g/mol. The molecule has 1 aromatic carbocycles. The predicted octanol–water partition coefficient (Wildman–Crippen LogP) is 4.71. The molecular formula is C11H8Br2ClN3. The predicted molar refractivity (Wildman–Crippen MR) is 76.9 cm³/mol. The van der Waals surface area contributed by atoms with Crippen LogP contribution >= 0.6 is 43.5 Å². The van der Waals surface area contributed by atoms with Gasteiger partial charge >= 0.3 is 0 Å². The number of rotatable bonds is 2. The summed E-state index contributed by atoms with van der Waals surface area (Å²) in [6, 6.07) is 6.02. The molecule has 0 spiro atoms. The fraction of sp³-hybridized carbons (Fsp3) is 0.0909. The first-order valence-corrected chi connectivity index (χ1v) is 6.73. The third-order valence-electron chi connectivity index (χ3n) is 2.05. The quantitative estimate of drug-likeness (QED) is 0.771. The van der Waals surface area contributed by atoms with E-state index in [0.717, 1.165) is 15.7 Å². The number of aryl methyl sites for hydroxylation is 1. The molecule has 0 radical (unpaired) electrons. The lowest BCUT2D eigenvalue weighted by Crippen LogP contribution is -1.96. The molecule has 1 N–H and O–H groups in total. The van der Waals surface area contributed by atoms with Crippen LogP contribution in [-0.2, 0) is 0 Å². The molecule has 1 aromatic heterocycles. The minimum atomic E-state index is 0.384. The SMILES string of the molecule is Cc1cc(Br)cc(Nc2ncnc(Cl)c2Br)c1. The Hall–Kier alpha value is -0.650. The van der Waals surface area contributed by atoms with Gasteiger partial charge in [0.25, 0.3) is 0 Å². The van der Waals surface area contributed by atoms with Gasteiger partial charge in [-0.15, -0.1) is 0 Å². The number of anilines is 2. The molecule has 88 valence electrons. The van der Waals surface area contributed by atoms with E-state index in [1.54, 1.807) is 0 Å². The fourth-order valence-corrected chi connectivity index (χ4v) is 2.43. The summed E-state index contributed by atoms with van der Waals surface area (Å²) in [5.41, 5.74) is 2.09. The largest absolute Gasteiger partial charge is 0.339 e. The number of nitrogens with zero attached hydrogens (tertiary/aromatic N) is 2. The summed E-state index contributed by atoms with van der Waals surface area (Å²) in [5.74, 6) is 0.641. The maximum absolute atomic E-state index is 5.90. The maximum Gasteiger partial charge on any atom is 0.149 e. The van der Waals surface area contributed by atoms with Gasteiger partial charge in [-0.2, -0.15) is 0 Å². The number of hydrogen-bond donors (Lipinski definition) is 1. The Morgan fingerprint density at radius 2 is 1.94 bits per heavy atom. The van der Waals surface area contributed by atoms with E-state index >= 15 is 0 Å². The van der Waals surface area contributed by atoms with E-state index in [2.05, 4.69) is 47.1 Å². The third-order valence-corrected chi connectivity index (χ3v) is 3.78. The van der Waals surface area contributed by atoms with Crippen molar-refractivity contribution in [1.82, 2.24) is 9.97 Å². The highest BCUT2D eigenvalue weighted by Crippen LogP contribution is 2.29. The minimum Gasteiger partial charge on any atom is -0.339 e. The highest BCUT2D eigenvalue weighted by atomic mass is 79.9. The van der Waals surface area contributed by atoms with Crippen molar-refractivity contribution in [2.24, 2.45) is 0 Å². The van der Waals surface area contributed by atoms with E-state index in [-0.39, 0.29) is 0 Å². The normalized spacial score (nSPS) is 10.4. The van der Waals surface area contributed by atoms with E-state index in [4.69, 9.17) is 11.6 Å². The van der Waals surface area contributed by atoms with Crippen LogP contribution in [0.2, 0.25) is 5.15 Å². The van der Waals surface area contributed by atoms with Crippen LogP contribution in [0.1, 0.15) is 5.56 Å². The average Bonchev–Trinajstić information content (AvgIpc) is 2.23. The zero-order valence-corrected chi connectivity index (χ0v) is 12.8. The molecular weight excluding hydrogens is 369 g/mol. The summed E-state index contributed by atoms with van der Waals surface area (Å²) in [6.45, 7) is 2.03. The Kier molecular flexibility index (Phi) is 4.01. The molecule has 0 saturated heterocycles. The highest BCUT2D eigenvalue weighted by Gasteiger charge is 2.07. The van der Waals surface area contributed by atoms with E-state index in [1.807, 2.05) is 25.1 Å². The number of halogens is 3. The van der Waals surface area contributed by atoms with Crippen molar-refractivity contribution >= 4 is 55.0 Å². The Balaban J connectivity index is 2.34. The maximum atomic E-state index is 5.90. The molecule has 1 heterocycles. The lowest BCUT2D eigenvalue weighted by atomic mass is 10.2. The molecule has 0 aliphatic rings. The first kappa shape index (κ1) is 12.8. The second-order valence-corrected chi connectivity index (χ2v) is 5.54. The lowest BCUT2D eigenvalue weighted by molar-refractivity contribution is 1.15. The molecule has 2 aromatic rings. The second kappa shape index (κ2) is 5.33. The van der Waals surface area contributed by atoms with Crippen molar-refractivity contribution in [2.45, 2.75) is 6.92 Å². The van der Waals surface area contributed by atoms with Gasteiger partial charge in [-0.25, -0.2) is 9.97 Å². The van der Waals surface area contributed by atoms with Gasteiger partial charge in [0.2, 0.25) is 0 Å². The first-order chi connectivity index (χ1) is 8.06.